The van der Waals surface area contributed by atoms with Crippen LogP contribution in [0.1, 0.15) is 90.1 Å². The van der Waals surface area contributed by atoms with E-state index in [0.29, 0.717) is 5.56 Å². The molecule has 0 aliphatic carbocycles. The van der Waals surface area contributed by atoms with Crippen LogP contribution in [0.25, 0.3) is 0 Å². The van der Waals surface area contributed by atoms with E-state index in [1.165, 1.54) is 4.90 Å². The lowest BCUT2D eigenvalue weighted by atomic mass is 9.96. The molecule has 3 unspecified atom stereocenters. The molecule has 4 amide bonds. The van der Waals surface area contributed by atoms with Gasteiger partial charge in [0.1, 0.15) is 29.3 Å². The zero-order chi connectivity index (χ0) is 35.0. The van der Waals surface area contributed by atoms with E-state index in [1.54, 1.807) is 67.5 Å². The van der Waals surface area contributed by atoms with Gasteiger partial charge in [0, 0.05) is 12.5 Å². The molecule has 252 valence electrons. The minimum absolute atomic E-state index is 0.140. The number of carbonyl (C=O) groups is 5. The highest BCUT2D eigenvalue weighted by atomic mass is 16.6. The van der Waals surface area contributed by atoms with E-state index in [4.69, 9.17) is 15.2 Å². The Morgan fingerprint density at radius 1 is 0.804 bits per heavy atom. The summed E-state index contributed by atoms with van der Waals surface area (Å²) in [5, 5.41) is 5.32. The van der Waals surface area contributed by atoms with Crippen molar-refractivity contribution in [3.05, 3.63) is 70.8 Å². The van der Waals surface area contributed by atoms with Crippen LogP contribution >= 0.6 is 0 Å². The Morgan fingerprint density at radius 2 is 1.39 bits per heavy atom. The van der Waals surface area contributed by atoms with Gasteiger partial charge in [0.2, 0.25) is 17.7 Å². The molecule has 4 N–H and O–H groups in total. The summed E-state index contributed by atoms with van der Waals surface area (Å²) < 4.78 is 11.0. The highest BCUT2D eigenvalue weighted by Crippen LogP contribution is 2.28. The van der Waals surface area contributed by atoms with Gasteiger partial charge in [-0.05, 0) is 91.5 Å². The van der Waals surface area contributed by atoms with Crippen LogP contribution in [0.2, 0.25) is 0 Å². The molecule has 46 heavy (non-hydrogen) atoms. The van der Waals surface area contributed by atoms with E-state index in [0.717, 1.165) is 16.7 Å². The molecule has 2 rings (SSSR count). The van der Waals surface area contributed by atoms with Gasteiger partial charge in [-0.3, -0.25) is 14.4 Å². The number of alkyl carbamates (subject to hydrolysis) is 1. The lowest BCUT2D eigenvalue weighted by Crippen LogP contribution is -2.57. The molecule has 0 saturated heterocycles. The maximum absolute atomic E-state index is 14.4. The number of ether oxygens (including phenoxy) is 2. The molecular weight excluding hydrogens is 588 g/mol. The van der Waals surface area contributed by atoms with Crippen molar-refractivity contribution in [2.45, 2.75) is 117 Å². The fraction of sp³-hybridized carbons (Fsp3) is 0.514. The fourth-order valence-electron chi connectivity index (χ4n) is 4.75. The minimum atomic E-state index is -1.43. The molecular formula is C35H50N4O7. The van der Waals surface area contributed by atoms with Crippen LogP contribution in [0.3, 0.4) is 0 Å². The third-order valence-electron chi connectivity index (χ3n) is 6.87. The summed E-state index contributed by atoms with van der Waals surface area (Å²) in [6.07, 6.45) is -1.31. The van der Waals surface area contributed by atoms with E-state index >= 15 is 0 Å². The first-order valence-corrected chi connectivity index (χ1v) is 15.4. The van der Waals surface area contributed by atoms with Gasteiger partial charge in [0.25, 0.3) is 0 Å². The number of esters is 1. The summed E-state index contributed by atoms with van der Waals surface area (Å²) in [6.45, 7) is 17.4. The van der Waals surface area contributed by atoms with Crippen LogP contribution in [0, 0.1) is 13.8 Å². The molecule has 11 heteroatoms. The molecule has 0 aliphatic heterocycles. The molecule has 0 saturated carbocycles. The highest BCUT2D eigenvalue weighted by Gasteiger charge is 2.40. The first kappa shape index (κ1) is 37.8. The Bertz CT molecular complexity index is 1390. The first-order valence-electron chi connectivity index (χ1n) is 15.4. The van der Waals surface area contributed by atoms with Crippen molar-refractivity contribution in [2.24, 2.45) is 5.73 Å². The summed E-state index contributed by atoms with van der Waals surface area (Å²) in [5.41, 5.74) is 6.90. The standard InChI is InChI=1S/C35H50N4O7/c1-21(2)39(31(42)26(20-28(36)40)38-33(44)46-35(8,9)10)29(25-17-16-22(3)23(4)18-25)30(41)37-27(32(43)45-34(5,6)7)19-24-14-12-11-13-15-24/h11-18,21,26-27,29H,19-20H2,1-10H3,(H2,36,40)(H,37,41)(H,38,44). The van der Waals surface area contributed by atoms with Gasteiger partial charge >= 0.3 is 12.1 Å². The molecule has 0 radical (unpaired) electrons. The Balaban J connectivity index is 2.64. The lowest BCUT2D eigenvalue weighted by molar-refractivity contribution is -0.159. The van der Waals surface area contributed by atoms with Gasteiger partial charge in [0.05, 0.1) is 6.42 Å². The Kier molecular flexibility index (Phi) is 12.9. The molecule has 0 aromatic heterocycles. The van der Waals surface area contributed by atoms with Crippen molar-refractivity contribution >= 4 is 29.8 Å². The van der Waals surface area contributed by atoms with Gasteiger partial charge in [-0.2, -0.15) is 0 Å². The maximum Gasteiger partial charge on any atom is 0.408 e. The quantitative estimate of drug-likeness (QED) is 0.291. The van der Waals surface area contributed by atoms with Crippen molar-refractivity contribution in [1.29, 1.82) is 0 Å². The van der Waals surface area contributed by atoms with Gasteiger partial charge in [-0.25, -0.2) is 9.59 Å². The fourth-order valence-corrected chi connectivity index (χ4v) is 4.75. The Hall–Kier alpha value is -4.41. The van der Waals surface area contributed by atoms with Crippen molar-refractivity contribution in [1.82, 2.24) is 15.5 Å². The highest BCUT2D eigenvalue weighted by molar-refractivity contribution is 5.96. The average Bonchev–Trinajstić information content (AvgIpc) is 2.90. The van der Waals surface area contributed by atoms with Crippen LogP contribution < -0.4 is 16.4 Å². The van der Waals surface area contributed by atoms with Gasteiger partial charge < -0.3 is 30.7 Å². The van der Waals surface area contributed by atoms with Crippen molar-refractivity contribution in [3.8, 4) is 0 Å². The van der Waals surface area contributed by atoms with Crippen LogP contribution in [-0.4, -0.2) is 64.0 Å². The molecule has 0 heterocycles. The average molecular weight is 639 g/mol. The second-order valence-electron chi connectivity index (χ2n) is 13.7. The number of nitrogens with two attached hydrogens (primary N) is 1. The second-order valence-corrected chi connectivity index (χ2v) is 13.7. The predicted molar refractivity (Wildman–Crippen MR) is 176 cm³/mol. The number of primary amides is 1. The molecule has 0 fully saturated rings. The summed E-state index contributed by atoms with van der Waals surface area (Å²) in [7, 11) is 0. The number of hydrogen-bond donors (Lipinski definition) is 3. The van der Waals surface area contributed by atoms with Gasteiger partial charge in [-0.15, -0.1) is 0 Å². The molecule has 2 aromatic carbocycles. The van der Waals surface area contributed by atoms with Gasteiger partial charge in [0.15, 0.2) is 0 Å². The zero-order valence-electron chi connectivity index (χ0n) is 28.7. The molecule has 3 atom stereocenters. The van der Waals surface area contributed by atoms with Crippen LogP contribution in [0.15, 0.2) is 48.5 Å². The van der Waals surface area contributed by atoms with Crippen LogP contribution in [0.4, 0.5) is 4.79 Å². The predicted octanol–water partition coefficient (Wildman–Crippen LogP) is 4.42. The summed E-state index contributed by atoms with van der Waals surface area (Å²) in [5.74, 6) is -2.84. The zero-order valence-corrected chi connectivity index (χ0v) is 28.7. The Labute approximate surface area is 272 Å². The summed E-state index contributed by atoms with van der Waals surface area (Å²) in [6, 6.07) is 10.2. The first-order chi connectivity index (χ1) is 21.2. The molecule has 0 spiro atoms. The van der Waals surface area contributed by atoms with Crippen LogP contribution in [-0.2, 0) is 35.1 Å². The van der Waals surface area contributed by atoms with E-state index in [9.17, 15) is 24.0 Å². The maximum atomic E-state index is 14.4. The molecule has 11 nitrogen and oxygen atoms in total. The summed E-state index contributed by atoms with van der Waals surface area (Å²) >= 11 is 0. The normalized spacial score (nSPS) is 13.6. The van der Waals surface area contributed by atoms with Crippen molar-refractivity contribution in [2.75, 3.05) is 0 Å². The third kappa shape index (κ3) is 11.8. The van der Waals surface area contributed by atoms with E-state index in [1.807, 2.05) is 50.2 Å². The third-order valence-corrected chi connectivity index (χ3v) is 6.87. The topological polar surface area (TPSA) is 157 Å². The number of aryl methyl sites for hydroxylation is 2. The number of hydrogen-bond acceptors (Lipinski definition) is 7. The number of rotatable bonds is 12. The minimum Gasteiger partial charge on any atom is -0.458 e. The van der Waals surface area contributed by atoms with Crippen molar-refractivity contribution in [3.63, 3.8) is 0 Å². The number of amides is 4. The van der Waals surface area contributed by atoms with E-state index in [-0.39, 0.29) is 6.42 Å². The SMILES string of the molecule is Cc1ccc(C(C(=O)NC(Cc2ccccc2)C(=O)OC(C)(C)C)N(C(=O)C(CC(N)=O)NC(=O)OC(C)(C)C)C(C)C)cc1C. The molecule has 2 aromatic rings. The monoisotopic (exact) mass is 638 g/mol. The van der Waals surface area contributed by atoms with Gasteiger partial charge in [-0.1, -0.05) is 48.5 Å². The second kappa shape index (κ2) is 15.7. The molecule has 0 aliphatic rings. The Morgan fingerprint density at radius 3 is 1.89 bits per heavy atom. The van der Waals surface area contributed by atoms with E-state index < -0.39 is 71.6 Å². The lowest BCUT2D eigenvalue weighted by Gasteiger charge is -2.37. The summed E-state index contributed by atoms with van der Waals surface area (Å²) in [4.78, 5) is 68.2. The molecule has 0 bridgehead atoms. The number of nitrogens with zero attached hydrogens (tertiary/aromatic N) is 1. The number of nitrogens with one attached hydrogen (secondary N) is 2. The largest absolute Gasteiger partial charge is 0.458 e. The number of carbonyl (C=O) groups excluding carboxylic acids is 5. The van der Waals surface area contributed by atoms with Crippen LogP contribution in [0.5, 0.6) is 0 Å². The van der Waals surface area contributed by atoms with E-state index in [2.05, 4.69) is 10.6 Å². The number of benzene rings is 2. The van der Waals surface area contributed by atoms with Crippen molar-refractivity contribution < 1.29 is 33.4 Å². The smallest absolute Gasteiger partial charge is 0.408 e.